The van der Waals surface area contributed by atoms with Gasteiger partial charge in [-0.1, -0.05) is 55.2 Å². The van der Waals surface area contributed by atoms with Crippen LogP contribution in [0, 0.1) is 34.9 Å². The summed E-state index contributed by atoms with van der Waals surface area (Å²) in [5, 5.41) is 26.8. The number of halogens is 11. The number of hydrogen-bond acceptors (Lipinski definition) is 11. The first-order valence-corrected chi connectivity index (χ1v) is 19.4. The van der Waals surface area contributed by atoms with E-state index in [0.717, 1.165) is 36.4 Å². The first kappa shape index (κ1) is 49.8. The van der Waals surface area contributed by atoms with Crippen molar-refractivity contribution in [1.29, 1.82) is 0 Å². The third-order valence-corrected chi connectivity index (χ3v) is 9.50. The summed E-state index contributed by atoms with van der Waals surface area (Å²) in [5.74, 6) is -10.8. The molecule has 58 heavy (non-hydrogen) atoms. The Kier molecular flexibility index (Phi) is 19.2. The molecule has 0 radical (unpaired) electrons. The SMILES string of the molecule is C.ClCCl.O=C(O)c1c(F)cc(Br)cc1F.O=C(O[C@H]1CO[C@@H]2[C@H]1OC[C@H]2OC(=O)c1c(F)cc(Br)cc1F)c1c(F)cc(Br)cc1F.O[C@@H]1CO[C@@H]2[C@H]1OC[C@@H]2O. The number of hydrogen-bond donors (Lipinski definition) is 3. The van der Waals surface area contributed by atoms with Crippen LogP contribution < -0.4 is 0 Å². The summed E-state index contributed by atoms with van der Waals surface area (Å²) in [5.41, 5.74) is -2.68. The highest BCUT2D eigenvalue weighted by Gasteiger charge is 2.52. The molecule has 4 aliphatic rings. The van der Waals surface area contributed by atoms with E-state index in [9.17, 15) is 40.7 Å². The maximum atomic E-state index is 14.0. The van der Waals surface area contributed by atoms with Gasteiger partial charge in [0.1, 0.15) is 88.2 Å². The van der Waals surface area contributed by atoms with Gasteiger partial charge in [-0.2, -0.15) is 0 Å². The van der Waals surface area contributed by atoms with Crippen molar-refractivity contribution < 1.29 is 84.5 Å². The van der Waals surface area contributed by atoms with Crippen LogP contribution in [0.4, 0.5) is 26.3 Å². The van der Waals surface area contributed by atoms with Gasteiger partial charge in [0.25, 0.3) is 0 Å². The van der Waals surface area contributed by atoms with Gasteiger partial charge < -0.3 is 43.7 Å². The molecular formula is C35H31Br3Cl2F6O12. The number of esters is 2. The summed E-state index contributed by atoms with van der Waals surface area (Å²) in [4.78, 5) is 34.8. The van der Waals surface area contributed by atoms with Crippen LogP contribution in [0.2, 0.25) is 0 Å². The lowest BCUT2D eigenvalue weighted by Crippen LogP contribution is -2.36. The van der Waals surface area contributed by atoms with E-state index in [4.69, 9.17) is 66.9 Å². The monoisotopic (exact) mass is 1060 g/mol. The zero-order valence-electron chi connectivity index (χ0n) is 28.3. The molecule has 0 spiro atoms. The lowest BCUT2D eigenvalue weighted by atomic mass is 10.1. The van der Waals surface area contributed by atoms with Crippen LogP contribution in [-0.4, -0.2) is 114 Å². The molecule has 3 aromatic rings. The molecular weight excluding hydrogens is 1040 g/mol. The summed E-state index contributed by atoms with van der Waals surface area (Å²) in [6.45, 7) is 0.171. The fourth-order valence-electron chi connectivity index (χ4n) is 5.70. The van der Waals surface area contributed by atoms with Gasteiger partial charge >= 0.3 is 17.9 Å². The highest BCUT2D eigenvalue weighted by molar-refractivity contribution is 9.11. The van der Waals surface area contributed by atoms with E-state index in [1.165, 1.54) is 0 Å². The van der Waals surface area contributed by atoms with Gasteiger partial charge in [-0.3, -0.25) is 0 Å². The molecule has 0 aliphatic carbocycles. The topological polar surface area (TPSA) is 167 Å². The standard InChI is InChI=1S/C20H12Br2F4O6.C7H3BrF2O2.C6H10O4.CH2Cl2.CH4/c21-7-1-9(23)15(10(24)2-7)19(27)31-13-5-29-18-14(6-30-17(13)18)32-20(28)16-11(25)3-8(22)4-12(16)26;8-3-1-4(9)6(7(11)12)5(10)2-3;7-3-1-9-6-4(8)2-10-5(3)6;2-1-3;/h1-4,13-14,17-18H,5-6H2;1-2H,(H,11,12);3-8H,1-2H2;1H2;1H4/t13-,14+,17-,18-;;3-,4+,5-,6-;;/m0.0../s1. The first-order valence-electron chi connectivity index (χ1n) is 15.9. The molecule has 320 valence electrons. The Balaban J connectivity index is 0.000000281. The minimum Gasteiger partial charge on any atom is -0.477 e. The van der Waals surface area contributed by atoms with E-state index in [0.29, 0.717) is 0 Å². The number of alkyl halides is 2. The molecule has 4 fully saturated rings. The molecule has 3 N–H and O–H groups in total. The summed E-state index contributed by atoms with van der Waals surface area (Å²) < 4.78 is 113. The van der Waals surface area contributed by atoms with E-state index in [1.54, 1.807) is 0 Å². The Hall–Kier alpha value is -2.57. The van der Waals surface area contributed by atoms with Crippen molar-refractivity contribution in [2.45, 2.75) is 56.3 Å². The maximum Gasteiger partial charge on any atom is 0.344 e. The van der Waals surface area contributed by atoms with Gasteiger partial charge in [-0.05, 0) is 36.4 Å². The number of carbonyl (C=O) groups excluding carboxylic acids is 2. The van der Waals surface area contributed by atoms with Crippen LogP contribution in [0.25, 0.3) is 0 Å². The van der Waals surface area contributed by atoms with Crippen molar-refractivity contribution in [3.63, 3.8) is 0 Å². The average Bonchev–Trinajstić information content (AvgIpc) is 3.86. The molecule has 0 aromatic heterocycles. The minimum absolute atomic E-state index is 0. The lowest BCUT2D eigenvalue weighted by Gasteiger charge is -2.18. The third kappa shape index (κ3) is 12.3. The van der Waals surface area contributed by atoms with Crippen LogP contribution >= 0.6 is 71.0 Å². The van der Waals surface area contributed by atoms with E-state index >= 15 is 0 Å². The van der Waals surface area contributed by atoms with Gasteiger partial charge in [-0.25, -0.2) is 40.7 Å². The van der Waals surface area contributed by atoms with Crippen LogP contribution in [0.15, 0.2) is 49.8 Å². The van der Waals surface area contributed by atoms with E-state index < -0.39 is 106 Å². The number of carboxylic acids is 1. The number of rotatable bonds is 5. The molecule has 0 bridgehead atoms. The van der Waals surface area contributed by atoms with Gasteiger partial charge in [0, 0.05) is 13.4 Å². The number of aromatic carboxylic acids is 1. The minimum atomic E-state index is -1.61. The summed E-state index contributed by atoms with van der Waals surface area (Å²) >= 11 is 18.2. The molecule has 8 atom stereocenters. The van der Waals surface area contributed by atoms with Gasteiger partial charge in [0.05, 0.1) is 31.8 Å². The van der Waals surface area contributed by atoms with Crippen molar-refractivity contribution in [1.82, 2.24) is 0 Å². The van der Waals surface area contributed by atoms with Gasteiger partial charge in [-0.15, -0.1) is 23.2 Å². The van der Waals surface area contributed by atoms with Gasteiger partial charge in [0.2, 0.25) is 0 Å². The zero-order chi connectivity index (χ0) is 42.3. The molecule has 12 nitrogen and oxygen atoms in total. The number of carbonyl (C=O) groups is 3. The number of carboxylic acid groups (broad SMARTS) is 1. The third-order valence-electron chi connectivity index (χ3n) is 8.12. The van der Waals surface area contributed by atoms with Crippen molar-refractivity contribution in [2.75, 3.05) is 31.8 Å². The normalized spacial score (nSPS) is 25.0. The molecule has 0 amide bonds. The van der Waals surface area contributed by atoms with Crippen molar-refractivity contribution >= 4 is 88.9 Å². The molecule has 23 heteroatoms. The second-order valence-corrected chi connectivity index (χ2v) is 15.4. The van der Waals surface area contributed by atoms with E-state index in [1.807, 2.05) is 0 Å². The lowest BCUT2D eigenvalue weighted by molar-refractivity contribution is -0.0293. The molecule has 3 aromatic carbocycles. The maximum absolute atomic E-state index is 14.0. The number of benzene rings is 3. The predicted molar refractivity (Wildman–Crippen MR) is 202 cm³/mol. The van der Waals surface area contributed by atoms with Crippen LogP contribution in [-0.2, 0) is 28.4 Å². The molecule has 4 heterocycles. The number of ether oxygens (including phenoxy) is 6. The van der Waals surface area contributed by atoms with Crippen LogP contribution in [0.1, 0.15) is 38.5 Å². The average molecular weight is 1070 g/mol. The van der Waals surface area contributed by atoms with Crippen LogP contribution in [0.5, 0.6) is 0 Å². The molecule has 4 aliphatic heterocycles. The van der Waals surface area contributed by atoms with E-state index in [2.05, 4.69) is 47.8 Å². The Bertz CT molecular complexity index is 1780. The summed E-state index contributed by atoms with van der Waals surface area (Å²) in [6.07, 6.45) is -5.59. The van der Waals surface area contributed by atoms with Crippen molar-refractivity contribution in [3.05, 3.63) is 101 Å². The van der Waals surface area contributed by atoms with Crippen molar-refractivity contribution in [3.8, 4) is 0 Å². The van der Waals surface area contributed by atoms with Gasteiger partial charge in [0.15, 0.2) is 12.2 Å². The summed E-state index contributed by atoms with van der Waals surface area (Å²) in [6, 6.07) is 5.44. The van der Waals surface area contributed by atoms with Crippen molar-refractivity contribution in [2.24, 2.45) is 0 Å². The molecule has 0 unspecified atom stereocenters. The molecule has 4 saturated heterocycles. The largest absolute Gasteiger partial charge is 0.477 e. The fourth-order valence-corrected chi connectivity index (χ4v) is 6.91. The van der Waals surface area contributed by atoms with Crippen LogP contribution in [0.3, 0.4) is 0 Å². The zero-order valence-corrected chi connectivity index (χ0v) is 34.6. The highest BCUT2D eigenvalue weighted by Crippen LogP contribution is 2.33. The number of aliphatic hydroxyl groups is 2. The Morgan fingerprint density at radius 1 is 0.569 bits per heavy atom. The summed E-state index contributed by atoms with van der Waals surface area (Å²) in [7, 11) is 0. The second-order valence-electron chi connectivity index (χ2n) is 11.9. The number of aliphatic hydroxyl groups excluding tert-OH is 2. The smallest absolute Gasteiger partial charge is 0.344 e. The first-order chi connectivity index (χ1) is 26.9. The fraction of sp³-hybridized carbons (Fsp3) is 0.400. The Labute approximate surface area is 361 Å². The Morgan fingerprint density at radius 2 is 0.828 bits per heavy atom. The number of fused-ring (bicyclic) bond motifs is 2. The quantitative estimate of drug-likeness (QED) is 0.133. The molecule has 0 saturated carbocycles. The Morgan fingerprint density at radius 3 is 1.10 bits per heavy atom. The second kappa shape index (κ2) is 22.3. The molecule has 7 rings (SSSR count). The highest BCUT2D eigenvalue weighted by atomic mass is 79.9. The predicted octanol–water partition coefficient (Wildman–Crippen LogP) is 7.31. The van der Waals surface area contributed by atoms with E-state index in [-0.39, 0.29) is 64.8 Å².